The Balaban J connectivity index is 1.94. The monoisotopic (exact) mass is 278 g/mol. The summed E-state index contributed by atoms with van der Waals surface area (Å²) in [5, 5.41) is 5.69. The van der Waals surface area contributed by atoms with E-state index in [1.54, 1.807) is 0 Å². The second kappa shape index (κ2) is 6.03. The Morgan fingerprint density at radius 3 is 2.60 bits per heavy atom. The van der Waals surface area contributed by atoms with Crippen LogP contribution in [0.5, 0.6) is 11.5 Å². The summed E-state index contributed by atoms with van der Waals surface area (Å²) in [6.07, 6.45) is 0.885. The molecule has 20 heavy (non-hydrogen) atoms. The number of nitrogens with one attached hydrogen (secondary N) is 2. The first kappa shape index (κ1) is 14.5. The third kappa shape index (κ3) is 4.33. The number of ether oxygens (including phenoxy) is 2. The lowest BCUT2D eigenvalue weighted by Gasteiger charge is -2.20. The zero-order valence-electron chi connectivity index (χ0n) is 12.3. The number of amides is 2. The molecule has 110 valence electrons. The van der Waals surface area contributed by atoms with E-state index < -0.39 is 0 Å². The van der Waals surface area contributed by atoms with Crippen molar-refractivity contribution in [2.24, 2.45) is 0 Å². The van der Waals surface area contributed by atoms with Crippen molar-refractivity contribution in [2.45, 2.75) is 39.3 Å². The average molecular weight is 278 g/mol. The lowest BCUT2D eigenvalue weighted by molar-refractivity contribution is 0.231. The average Bonchev–Trinajstić information content (AvgIpc) is 2.58. The molecule has 5 heteroatoms. The van der Waals surface area contributed by atoms with E-state index in [1.165, 1.54) is 0 Å². The first-order valence-corrected chi connectivity index (χ1v) is 6.88. The number of benzene rings is 1. The summed E-state index contributed by atoms with van der Waals surface area (Å²) in [5.41, 5.74) is 0.743. The molecular formula is C15H22N2O3. The molecule has 1 aromatic rings. The third-order valence-electron chi connectivity index (χ3n) is 2.75. The minimum Gasteiger partial charge on any atom is -0.490 e. The summed E-state index contributed by atoms with van der Waals surface area (Å²) in [5.74, 6) is 1.52. The minimum atomic E-state index is -0.241. The summed E-state index contributed by atoms with van der Waals surface area (Å²) in [7, 11) is 0. The Hall–Kier alpha value is -1.91. The van der Waals surface area contributed by atoms with Gasteiger partial charge in [0.05, 0.1) is 13.2 Å². The fourth-order valence-electron chi connectivity index (χ4n) is 1.88. The molecule has 0 spiro atoms. The van der Waals surface area contributed by atoms with Gasteiger partial charge in [-0.05, 0) is 38.5 Å². The lowest BCUT2D eigenvalue weighted by atomic mass is 10.1. The van der Waals surface area contributed by atoms with E-state index in [2.05, 4.69) is 10.6 Å². The number of hydrogen-bond donors (Lipinski definition) is 2. The molecule has 0 aromatic heterocycles. The third-order valence-corrected chi connectivity index (χ3v) is 2.75. The van der Waals surface area contributed by atoms with Gasteiger partial charge in [-0.1, -0.05) is 6.07 Å². The zero-order valence-corrected chi connectivity index (χ0v) is 12.3. The highest BCUT2D eigenvalue weighted by Crippen LogP contribution is 2.30. The van der Waals surface area contributed by atoms with Gasteiger partial charge in [-0.2, -0.15) is 0 Å². The topological polar surface area (TPSA) is 59.6 Å². The van der Waals surface area contributed by atoms with Crippen LogP contribution in [-0.2, 0) is 6.54 Å². The summed E-state index contributed by atoms with van der Waals surface area (Å²) >= 11 is 0. The summed E-state index contributed by atoms with van der Waals surface area (Å²) in [4.78, 5) is 11.7. The molecule has 0 radical (unpaired) electrons. The van der Waals surface area contributed by atoms with Gasteiger partial charge in [0.15, 0.2) is 11.5 Å². The van der Waals surface area contributed by atoms with E-state index in [4.69, 9.17) is 9.47 Å². The predicted octanol–water partition coefficient (Wildman–Crippen LogP) is 2.45. The molecule has 1 aliphatic rings. The Bertz CT molecular complexity index is 480. The fraction of sp³-hybridized carbons (Fsp3) is 0.533. The van der Waals surface area contributed by atoms with Crippen LogP contribution in [-0.4, -0.2) is 24.8 Å². The van der Waals surface area contributed by atoms with Gasteiger partial charge in [-0.25, -0.2) is 4.79 Å². The van der Waals surface area contributed by atoms with Crippen LogP contribution in [0.25, 0.3) is 0 Å². The fourth-order valence-corrected chi connectivity index (χ4v) is 1.88. The molecule has 0 saturated heterocycles. The van der Waals surface area contributed by atoms with Crippen LogP contribution >= 0.6 is 0 Å². The Kier molecular flexibility index (Phi) is 4.37. The number of carbonyl (C=O) groups excluding carboxylic acids is 1. The molecule has 0 aliphatic carbocycles. The van der Waals surface area contributed by atoms with Gasteiger partial charge in [0, 0.05) is 18.5 Å². The molecule has 1 aromatic carbocycles. The number of fused-ring (bicyclic) bond motifs is 1. The van der Waals surface area contributed by atoms with Gasteiger partial charge in [0.1, 0.15) is 0 Å². The quantitative estimate of drug-likeness (QED) is 0.873. The molecule has 2 N–H and O–H groups in total. The molecule has 0 saturated carbocycles. The van der Waals surface area contributed by atoms with Gasteiger partial charge in [0.2, 0.25) is 0 Å². The lowest BCUT2D eigenvalue weighted by Crippen LogP contribution is -2.46. The van der Waals surface area contributed by atoms with Crippen LogP contribution in [0.15, 0.2) is 18.2 Å². The molecule has 0 bridgehead atoms. The maximum Gasteiger partial charge on any atom is 0.315 e. The zero-order chi connectivity index (χ0) is 14.6. The van der Waals surface area contributed by atoms with Crippen molar-refractivity contribution in [3.63, 3.8) is 0 Å². The number of urea groups is 1. The number of carbonyl (C=O) groups is 1. The van der Waals surface area contributed by atoms with Crippen LogP contribution in [0.2, 0.25) is 0 Å². The van der Waals surface area contributed by atoms with Crippen LogP contribution < -0.4 is 20.1 Å². The first-order valence-electron chi connectivity index (χ1n) is 6.88. The van der Waals surface area contributed by atoms with Gasteiger partial charge >= 0.3 is 6.03 Å². The summed E-state index contributed by atoms with van der Waals surface area (Å²) in [6.45, 7) is 7.63. The second-order valence-electron chi connectivity index (χ2n) is 5.89. The highest BCUT2D eigenvalue weighted by atomic mass is 16.5. The minimum absolute atomic E-state index is 0.176. The Labute approximate surface area is 119 Å². The molecule has 0 fully saturated rings. The van der Waals surface area contributed by atoms with Crippen molar-refractivity contribution in [3.05, 3.63) is 23.8 Å². The Morgan fingerprint density at radius 1 is 1.20 bits per heavy atom. The SMILES string of the molecule is CC(C)(C)NC(=O)NCc1ccc2c(c1)OCCCO2. The molecule has 5 nitrogen and oxygen atoms in total. The molecule has 1 aliphatic heterocycles. The van der Waals surface area contributed by atoms with Gasteiger partial charge in [-0.3, -0.25) is 0 Å². The van der Waals surface area contributed by atoms with E-state index >= 15 is 0 Å². The van der Waals surface area contributed by atoms with Crippen molar-refractivity contribution in [1.82, 2.24) is 10.6 Å². The second-order valence-corrected chi connectivity index (χ2v) is 5.89. The molecule has 2 amide bonds. The number of hydrogen-bond acceptors (Lipinski definition) is 3. The molecule has 0 unspecified atom stereocenters. The maximum absolute atomic E-state index is 11.7. The van der Waals surface area contributed by atoms with Gasteiger partial charge in [0.25, 0.3) is 0 Å². The van der Waals surface area contributed by atoms with E-state index in [-0.39, 0.29) is 11.6 Å². The Morgan fingerprint density at radius 2 is 1.90 bits per heavy atom. The first-order chi connectivity index (χ1) is 9.44. The standard InChI is InChI=1S/C15H22N2O3/c1-15(2,3)17-14(18)16-10-11-5-6-12-13(9-11)20-8-4-7-19-12/h5-6,9H,4,7-8,10H2,1-3H3,(H2,16,17,18). The van der Waals surface area contributed by atoms with Gasteiger partial charge < -0.3 is 20.1 Å². The summed E-state index contributed by atoms with van der Waals surface area (Å²) < 4.78 is 11.2. The molecular weight excluding hydrogens is 256 g/mol. The van der Waals surface area contributed by atoms with Crippen molar-refractivity contribution >= 4 is 6.03 Å². The van der Waals surface area contributed by atoms with Gasteiger partial charge in [-0.15, -0.1) is 0 Å². The van der Waals surface area contributed by atoms with Crippen LogP contribution in [0.4, 0.5) is 4.79 Å². The van der Waals surface area contributed by atoms with Crippen molar-refractivity contribution in [2.75, 3.05) is 13.2 Å². The normalized spacial score (nSPS) is 14.3. The highest BCUT2D eigenvalue weighted by molar-refractivity contribution is 5.74. The van der Waals surface area contributed by atoms with Crippen LogP contribution in [0.3, 0.4) is 0 Å². The van der Waals surface area contributed by atoms with E-state index in [0.29, 0.717) is 19.8 Å². The highest BCUT2D eigenvalue weighted by Gasteiger charge is 2.14. The van der Waals surface area contributed by atoms with E-state index in [0.717, 1.165) is 23.5 Å². The summed E-state index contributed by atoms with van der Waals surface area (Å²) in [6, 6.07) is 5.56. The molecule has 1 heterocycles. The van der Waals surface area contributed by atoms with Crippen molar-refractivity contribution in [3.8, 4) is 11.5 Å². The number of rotatable bonds is 2. The van der Waals surface area contributed by atoms with Crippen molar-refractivity contribution in [1.29, 1.82) is 0 Å². The maximum atomic E-state index is 11.7. The molecule has 0 atom stereocenters. The van der Waals surface area contributed by atoms with Crippen LogP contribution in [0, 0.1) is 0 Å². The smallest absolute Gasteiger partial charge is 0.315 e. The van der Waals surface area contributed by atoms with E-state index in [1.807, 2.05) is 39.0 Å². The largest absolute Gasteiger partial charge is 0.490 e. The van der Waals surface area contributed by atoms with Crippen molar-refractivity contribution < 1.29 is 14.3 Å². The van der Waals surface area contributed by atoms with Crippen LogP contribution in [0.1, 0.15) is 32.8 Å². The predicted molar refractivity (Wildman–Crippen MR) is 77.2 cm³/mol. The van der Waals surface area contributed by atoms with E-state index in [9.17, 15) is 4.79 Å². The molecule has 2 rings (SSSR count).